The van der Waals surface area contributed by atoms with Crippen LogP contribution in [0.5, 0.6) is 0 Å². The average Bonchev–Trinajstić information content (AvgIpc) is 2.96. The third kappa shape index (κ3) is 3.96. The summed E-state index contributed by atoms with van der Waals surface area (Å²) in [5.41, 5.74) is 6.11. The SMILES string of the molecule is CC(C)(CCNC(=O)C1C2CCC(C2)C1N)CCC(=O)O. The number of carbonyl (C=O) groups excluding carboxylic acids is 1. The predicted octanol–water partition coefficient (Wildman–Crippen LogP) is 1.76. The fourth-order valence-electron chi connectivity index (χ4n) is 3.94. The van der Waals surface area contributed by atoms with Crippen LogP contribution in [0.4, 0.5) is 0 Å². The van der Waals surface area contributed by atoms with Crippen LogP contribution in [-0.4, -0.2) is 29.6 Å². The van der Waals surface area contributed by atoms with E-state index in [4.69, 9.17) is 10.8 Å². The number of nitrogens with two attached hydrogens (primary N) is 1. The molecule has 5 heteroatoms. The average molecular weight is 296 g/mol. The van der Waals surface area contributed by atoms with Gasteiger partial charge < -0.3 is 16.2 Å². The van der Waals surface area contributed by atoms with Crippen molar-refractivity contribution >= 4 is 11.9 Å². The highest BCUT2D eigenvalue weighted by molar-refractivity contribution is 5.80. The fourth-order valence-corrected chi connectivity index (χ4v) is 3.94. The van der Waals surface area contributed by atoms with Crippen LogP contribution in [0.1, 0.15) is 52.4 Å². The van der Waals surface area contributed by atoms with Gasteiger partial charge in [0.2, 0.25) is 5.91 Å². The van der Waals surface area contributed by atoms with Crippen molar-refractivity contribution in [1.29, 1.82) is 0 Å². The number of amides is 1. The van der Waals surface area contributed by atoms with Gasteiger partial charge in [0.25, 0.3) is 0 Å². The van der Waals surface area contributed by atoms with Crippen molar-refractivity contribution in [2.24, 2.45) is 28.9 Å². The number of rotatable bonds is 7. The molecule has 0 aliphatic heterocycles. The lowest BCUT2D eigenvalue weighted by molar-refractivity contribution is -0.137. The van der Waals surface area contributed by atoms with Crippen LogP contribution < -0.4 is 11.1 Å². The zero-order valence-corrected chi connectivity index (χ0v) is 13.1. The Morgan fingerprint density at radius 1 is 1.24 bits per heavy atom. The summed E-state index contributed by atoms with van der Waals surface area (Å²) in [7, 11) is 0. The molecule has 0 aromatic carbocycles. The number of hydrogen-bond acceptors (Lipinski definition) is 3. The Kier molecular flexibility index (Phi) is 4.91. The van der Waals surface area contributed by atoms with Gasteiger partial charge in [0.15, 0.2) is 0 Å². The number of carbonyl (C=O) groups is 2. The highest BCUT2D eigenvalue weighted by atomic mass is 16.4. The van der Waals surface area contributed by atoms with Gasteiger partial charge in [0, 0.05) is 19.0 Å². The Balaban J connectivity index is 1.73. The van der Waals surface area contributed by atoms with E-state index in [1.54, 1.807) is 0 Å². The molecule has 21 heavy (non-hydrogen) atoms. The van der Waals surface area contributed by atoms with Crippen molar-refractivity contribution in [3.63, 3.8) is 0 Å². The lowest BCUT2D eigenvalue weighted by Gasteiger charge is -2.28. The third-order valence-electron chi connectivity index (χ3n) is 5.40. The minimum Gasteiger partial charge on any atom is -0.481 e. The summed E-state index contributed by atoms with van der Waals surface area (Å²) in [6.07, 6.45) is 5.04. The molecule has 2 bridgehead atoms. The monoisotopic (exact) mass is 296 g/mol. The minimum absolute atomic E-state index is 0.00844. The van der Waals surface area contributed by atoms with Crippen LogP contribution in [-0.2, 0) is 9.59 Å². The second-order valence-corrected chi connectivity index (χ2v) is 7.54. The van der Waals surface area contributed by atoms with E-state index in [9.17, 15) is 9.59 Å². The molecule has 4 atom stereocenters. The normalized spacial score (nSPS) is 31.4. The van der Waals surface area contributed by atoms with Crippen LogP contribution in [0, 0.1) is 23.2 Å². The number of fused-ring (bicyclic) bond motifs is 2. The summed E-state index contributed by atoms with van der Waals surface area (Å²) in [6, 6.07) is 0.0313. The largest absolute Gasteiger partial charge is 0.481 e. The van der Waals surface area contributed by atoms with Crippen LogP contribution in [0.25, 0.3) is 0 Å². The number of hydrogen-bond donors (Lipinski definition) is 3. The third-order valence-corrected chi connectivity index (χ3v) is 5.40. The van der Waals surface area contributed by atoms with Gasteiger partial charge in [-0.2, -0.15) is 0 Å². The first-order valence-electron chi connectivity index (χ1n) is 8.05. The van der Waals surface area contributed by atoms with Crippen molar-refractivity contribution in [3.8, 4) is 0 Å². The summed E-state index contributed by atoms with van der Waals surface area (Å²) in [4.78, 5) is 22.9. The van der Waals surface area contributed by atoms with E-state index in [1.807, 2.05) is 13.8 Å². The van der Waals surface area contributed by atoms with Gasteiger partial charge >= 0.3 is 5.97 Å². The smallest absolute Gasteiger partial charge is 0.303 e. The second-order valence-electron chi connectivity index (χ2n) is 7.54. The van der Waals surface area contributed by atoms with Gasteiger partial charge in [-0.25, -0.2) is 0 Å². The maximum atomic E-state index is 12.3. The van der Waals surface area contributed by atoms with E-state index in [1.165, 1.54) is 6.42 Å². The molecule has 2 fully saturated rings. The summed E-state index contributed by atoms with van der Waals surface area (Å²) in [5.74, 6) is 0.345. The van der Waals surface area contributed by atoms with E-state index in [2.05, 4.69) is 5.32 Å². The van der Waals surface area contributed by atoms with Crippen molar-refractivity contribution in [3.05, 3.63) is 0 Å². The molecule has 0 spiro atoms. The van der Waals surface area contributed by atoms with Gasteiger partial charge in [-0.1, -0.05) is 13.8 Å². The predicted molar refractivity (Wildman–Crippen MR) is 80.6 cm³/mol. The molecule has 2 rings (SSSR count). The highest BCUT2D eigenvalue weighted by Gasteiger charge is 2.48. The molecule has 120 valence electrons. The van der Waals surface area contributed by atoms with Crippen LogP contribution >= 0.6 is 0 Å². The summed E-state index contributed by atoms with van der Waals surface area (Å²) in [6.45, 7) is 4.70. The molecule has 5 nitrogen and oxygen atoms in total. The molecule has 0 aromatic rings. The molecule has 1 amide bonds. The Labute approximate surface area is 126 Å². The zero-order valence-electron chi connectivity index (χ0n) is 13.1. The number of aliphatic carboxylic acids is 1. The van der Waals surface area contributed by atoms with Crippen LogP contribution in [0.3, 0.4) is 0 Å². The molecule has 0 radical (unpaired) electrons. The van der Waals surface area contributed by atoms with Gasteiger partial charge in [-0.05, 0) is 49.4 Å². The fraction of sp³-hybridized carbons (Fsp3) is 0.875. The molecule has 0 aromatic heterocycles. The quantitative estimate of drug-likeness (QED) is 0.667. The summed E-state index contributed by atoms with van der Waals surface area (Å²) >= 11 is 0. The van der Waals surface area contributed by atoms with E-state index < -0.39 is 5.97 Å². The van der Waals surface area contributed by atoms with E-state index in [0.717, 1.165) is 19.3 Å². The van der Waals surface area contributed by atoms with Crippen LogP contribution in [0.2, 0.25) is 0 Å². The molecule has 2 aliphatic rings. The zero-order chi connectivity index (χ0) is 15.6. The van der Waals surface area contributed by atoms with Gasteiger partial charge in [0.05, 0.1) is 5.92 Å². The first-order valence-corrected chi connectivity index (χ1v) is 8.05. The number of nitrogens with one attached hydrogen (secondary N) is 1. The lowest BCUT2D eigenvalue weighted by Crippen LogP contribution is -2.45. The molecule has 0 saturated heterocycles. The molecular formula is C16H28N2O3. The van der Waals surface area contributed by atoms with Crippen LogP contribution in [0.15, 0.2) is 0 Å². The Morgan fingerprint density at radius 2 is 1.90 bits per heavy atom. The first kappa shape index (κ1) is 16.3. The molecule has 4 unspecified atom stereocenters. The molecule has 4 N–H and O–H groups in total. The molecular weight excluding hydrogens is 268 g/mol. The topological polar surface area (TPSA) is 92.4 Å². The Hall–Kier alpha value is -1.10. The molecule has 2 aliphatic carbocycles. The maximum Gasteiger partial charge on any atom is 0.303 e. The molecule has 2 saturated carbocycles. The second kappa shape index (κ2) is 6.34. The summed E-state index contributed by atoms with van der Waals surface area (Å²) < 4.78 is 0. The van der Waals surface area contributed by atoms with E-state index in [0.29, 0.717) is 24.8 Å². The number of carboxylic acids is 1. The maximum absolute atomic E-state index is 12.3. The standard InChI is InChI=1S/C16H28N2O3/c1-16(2,6-5-12(19)20)7-8-18-15(21)13-10-3-4-11(9-10)14(13)17/h10-11,13-14H,3-9,17H2,1-2H3,(H,18,21)(H,19,20). The first-order chi connectivity index (χ1) is 9.80. The van der Waals surface area contributed by atoms with Crippen molar-refractivity contribution in [2.75, 3.05) is 6.54 Å². The van der Waals surface area contributed by atoms with Gasteiger partial charge in [-0.3, -0.25) is 9.59 Å². The van der Waals surface area contributed by atoms with Crippen molar-refractivity contribution < 1.29 is 14.7 Å². The van der Waals surface area contributed by atoms with Gasteiger partial charge in [-0.15, -0.1) is 0 Å². The Bertz CT molecular complexity index is 406. The number of carboxylic acid groups (broad SMARTS) is 1. The van der Waals surface area contributed by atoms with E-state index >= 15 is 0 Å². The van der Waals surface area contributed by atoms with Gasteiger partial charge in [0.1, 0.15) is 0 Å². The van der Waals surface area contributed by atoms with Crippen molar-refractivity contribution in [1.82, 2.24) is 5.32 Å². The highest BCUT2D eigenvalue weighted by Crippen LogP contribution is 2.47. The van der Waals surface area contributed by atoms with Crippen molar-refractivity contribution in [2.45, 2.75) is 58.4 Å². The minimum atomic E-state index is -0.764. The molecule has 0 heterocycles. The Morgan fingerprint density at radius 3 is 2.48 bits per heavy atom. The lowest BCUT2D eigenvalue weighted by atomic mass is 9.83. The van der Waals surface area contributed by atoms with E-state index in [-0.39, 0.29) is 29.7 Å². The summed E-state index contributed by atoms with van der Waals surface area (Å²) in [5, 5.41) is 11.8.